The van der Waals surface area contributed by atoms with Gasteiger partial charge in [0.25, 0.3) is 0 Å². The van der Waals surface area contributed by atoms with E-state index in [4.69, 9.17) is 0 Å². The zero-order chi connectivity index (χ0) is 32.3. The molecule has 1 heterocycles. The molecule has 0 saturated heterocycles. The van der Waals surface area contributed by atoms with Gasteiger partial charge in [-0.1, -0.05) is 24.3 Å². The fourth-order valence-electron chi connectivity index (χ4n) is 3.98. The summed E-state index contributed by atoms with van der Waals surface area (Å²) in [6.07, 6.45) is 0. The highest BCUT2D eigenvalue weighted by atomic mass is 32.2. The van der Waals surface area contributed by atoms with Crippen LogP contribution < -0.4 is 10.2 Å². The second-order valence-electron chi connectivity index (χ2n) is 9.15. The lowest BCUT2D eigenvalue weighted by Gasteiger charge is -2.08. The fourth-order valence-corrected chi connectivity index (χ4v) is 4.45. The molecule has 2 N–H and O–H groups in total. The molecule has 0 unspecified atom stereocenters. The number of hydrogen-bond acceptors (Lipinski definition) is 14. The van der Waals surface area contributed by atoms with E-state index in [2.05, 4.69) is 25.6 Å². The van der Waals surface area contributed by atoms with E-state index in [1.807, 2.05) is 0 Å². The summed E-state index contributed by atoms with van der Waals surface area (Å²) in [5, 5.41) is 62.5. The molecule has 0 bridgehead atoms. The van der Waals surface area contributed by atoms with Crippen molar-refractivity contribution in [3.8, 4) is 28.4 Å². The smallest absolute Gasteiger partial charge is 0.243 e. The van der Waals surface area contributed by atoms with Gasteiger partial charge in [0.2, 0.25) is 5.88 Å². The van der Waals surface area contributed by atoms with E-state index >= 15 is 0 Å². The van der Waals surface area contributed by atoms with Gasteiger partial charge in [-0.25, -0.2) is 8.42 Å². The van der Waals surface area contributed by atoms with Gasteiger partial charge >= 0.3 is 0 Å². The molecule has 5 rings (SSSR count). The quantitative estimate of drug-likeness (QED) is 0.178. The molecule has 1 aromatic heterocycles. The van der Waals surface area contributed by atoms with Crippen molar-refractivity contribution in [2.45, 2.75) is 4.90 Å². The molecule has 0 radical (unpaired) electrons. The molecule has 226 valence electrons. The summed E-state index contributed by atoms with van der Waals surface area (Å²) in [5.74, 6) is -4.44. The first-order valence-corrected chi connectivity index (χ1v) is 14.0. The maximum Gasteiger partial charge on any atom is 0.243 e. The molecule has 0 spiro atoms. The number of azo groups is 2. The number of carbonyl (C=O) groups is 2. The van der Waals surface area contributed by atoms with Gasteiger partial charge < -0.3 is 34.6 Å². The van der Waals surface area contributed by atoms with Gasteiger partial charge in [0.05, 0.1) is 39.6 Å². The van der Waals surface area contributed by atoms with Crippen molar-refractivity contribution in [1.29, 1.82) is 0 Å². The van der Waals surface area contributed by atoms with Crippen LogP contribution in [0.15, 0.2) is 116 Å². The van der Waals surface area contributed by atoms with Crippen LogP contribution in [0.1, 0.15) is 20.8 Å². The summed E-state index contributed by atoms with van der Waals surface area (Å²) in [5.41, 5.74) is 0.979. The topological polar surface area (TPSA) is 245 Å². The molecular formula is C29H17N6O9S-3. The van der Waals surface area contributed by atoms with Gasteiger partial charge in [-0.05, 0) is 77.9 Å². The van der Waals surface area contributed by atoms with Crippen LogP contribution in [-0.4, -0.2) is 44.9 Å². The molecule has 0 atom stereocenters. The van der Waals surface area contributed by atoms with Gasteiger partial charge in [-0.3, -0.25) is 0 Å². The molecule has 0 aliphatic heterocycles. The van der Waals surface area contributed by atoms with Crippen LogP contribution in [0.4, 0.5) is 22.7 Å². The third-order valence-electron chi connectivity index (χ3n) is 6.21. The monoisotopic (exact) mass is 625 g/mol. The van der Waals surface area contributed by atoms with Crippen molar-refractivity contribution < 1.29 is 43.0 Å². The second kappa shape index (κ2) is 12.2. The number of nitrogens with zero attached hydrogens (tertiary/aromatic N) is 6. The minimum Gasteiger partial charge on any atom is -0.744 e. The van der Waals surface area contributed by atoms with E-state index in [9.17, 15) is 43.0 Å². The summed E-state index contributed by atoms with van der Waals surface area (Å²) in [6.45, 7) is 0. The zero-order valence-electron chi connectivity index (χ0n) is 22.5. The number of phenols is 1. The van der Waals surface area contributed by atoms with Crippen LogP contribution in [0.2, 0.25) is 0 Å². The highest BCUT2D eigenvalue weighted by Gasteiger charge is 2.20. The van der Waals surface area contributed by atoms with Crippen LogP contribution in [-0.2, 0) is 10.1 Å². The number of benzene rings is 4. The predicted molar refractivity (Wildman–Crippen MR) is 150 cm³/mol. The minimum atomic E-state index is -4.72. The Hall–Kier alpha value is -6.26. The largest absolute Gasteiger partial charge is 0.744 e. The number of aromatic hydroxyl groups is 2. The Bertz CT molecular complexity index is 2090. The van der Waals surface area contributed by atoms with E-state index in [0.717, 1.165) is 46.1 Å². The summed E-state index contributed by atoms with van der Waals surface area (Å²) in [7, 11) is -4.72. The fraction of sp³-hybridized carbons (Fsp3) is 0. The van der Waals surface area contributed by atoms with Gasteiger partial charge in [-0.15, -0.1) is 5.11 Å². The maximum absolute atomic E-state index is 11.6. The van der Waals surface area contributed by atoms with E-state index < -0.39 is 55.5 Å². The van der Waals surface area contributed by atoms with Crippen molar-refractivity contribution in [2.24, 2.45) is 20.5 Å². The molecule has 0 aliphatic carbocycles. The lowest BCUT2D eigenvalue weighted by Crippen LogP contribution is -2.23. The maximum atomic E-state index is 11.6. The first-order valence-electron chi connectivity index (χ1n) is 12.6. The normalized spacial score (nSPS) is 11.8. The number of carboxylic acids is 2. The molecular weight excluding hydrogens is 608 g/mol. The number of aromatic carboxylic acids is 2. The summed E-state index contributed by atoms with van der Waals surface area (Å²) < 4.78 is 34.3. The summed E-state index contributed by atoms with van der Waals surface area (Å²) in [4.78, 5) is 22.2. The molecule has 15 nitrogen and oxygen atoms in total. The van der Waals surface area contributed by atoms with Crippen molar-refractivity contribution in [2.75, 3.05) is 0 Å². The average molecular weight is 626 g/mol. The SMILES string of the molecule is O=C([O-])c1cc(N=Nc2ccc(-c3ccc(N=Nc4c(C(=O)[O-])nn(-c5ccc(S(=O)(=O)[O-])cc5)c4O)cc3)cc2)ccc1O. The number of hydrogen-bond donors (Lipinski definition) is 2. The summed E-state index contributed by atoms with van der Waals surface area (Å²) >= 11 is 0. The van der Waals surface area contributed by atoms with Crippen molar-refractivity contribution in [1.82, 2.24) is 9.78 Å². The molecule has 45 heavy (non-hydrogen) atoms. The Morgan fingerprint density at radius 2 is 1.20 bits per heavy atom. The standard InChI is InChI=1S/C29H20N6O9S/c36-24-14-9-20(15-23(24)28(38)39)32-30-18-5-1-16(2-6-18)17-3-7-19(8-4-17)31-33-25-26(29(40)41)34-35(27(25)37)21-10-12-22(13-11-21)45(42,43)44/h1-15,36-37H,(H,38,39)(H,40,41)(H,42,43,44)/p-3. The predicted octanol–water partition coefficient (Wildman–Crippen LogP) is 3.41. The van der Waals surface area contributed by atoms with E-state index in [1.54, 1.807) is 48.5 Å². The molecule has 0 saturated carbocycles. The molecule has 0 fully saturated rings. The Morgan fingerprint density at radius 1 is 0.689 bits per heavy atom. The third kappa shape index (κ3) is 6.71. The Morgan fingerprint density at radius 3 is 1.71 bits per heavy atom. The van der Waals surface area contributed by atoms with Gasteiger partial charge in [0.1, 0.15) is 21.6 Å². The average Bonchev–Trinajstić information content (AvgIpc) is 3.35. The first kappa shape index (κ1) is 30.2. The zero-order valence-corrected chi connectivity index (χ0v) is 23.3. The lowest BCUT2D eigenvalue weighted by atomic mass is 10.1. The van der Waals surface area contributed by atoms with E-state index in [0.29, 0.717) is 11.4 Å². The van der Waals surface area contributed by atoms with E-state index in [-0.39, 0.29) is 11.4 Å². The lowest BCUT2D eigenvalue weighted by molar-refractivity contribution is -0.256. The molecule has 0 amide bonds. The van der Waals surface area contributed by atoms with Gasteiger partial charge in [0.15, 0.2) is 5.69 Å². The number of aromatic nitrogens is 2. The third-order valence-corrected chi connectivity index (χ3v) is 7.06. The van der Waals surface area contributed by atoms with Crippen LogP contribution in [0, 0.1) is 0 Å². The van der Waals surface area contributed by atoms with Crippen LogP contribution >= 0.6 is 0 Å². The van der Waals surface area contributed by atoms with Crippen molar-refractivity contribution >= 4 is 44.8 Å². The molecule has 0 aliphatic rings. The number of carboxylic acid groups (broad SMARTS) is 2. The van der Waals surface area contributed by atoms with Crippen LogP contribution in [0.5, 0.6) is 11.6 Å². The summed E-state index contributed by atoms with van der Waals surface area (Å²) in [6, 6.07) is 21.5. The second-order valence-corrected chi connectivity index (χ2v) is 10.5. The first-order chi connectivity index (χ1) is 21.4. The molecule has 4 aromatic carbocycles. The van der Waals surface area contributed by atoms with E-state index in [1.165, 1.54) is 12.1 Å². The number of rotatable bonds is 9. The Kier molecular flexibility index (Phi) is 8.16. The molecule has 16 heteroatoms. The van der Waals surface area contributed by atoms with Crippen molar-refractivity contribution in [3.63, 3.8) is 0 Å². The van der Waals surface area contributed by atoms with Crippen LogP contribution in [0.25, 0.3) is 16.8 Å². The highest BCUT2D eigenvalue weighted by Crippen LogP contribution is 2.35. The Balaban J connectivity index is 1.32. The Labute approximate surface area is 253 Å². The van der Waals surface area contributed by atoms with Crippen molar-refractivity contribution in [3.05, 3.63) is 102 Å². The molecule has 5 aromatic rings. The van der Waals surface area contributed by atoms with Gasteiger partial charge in [0, 0.05) is 5.56 Å². The van der Waals surface area contributed by atoms with Crippen LogP contribution in [0.3, 0.4) is 0 Å². The minimum absolute atomic E-state index is 0.0471. The van der Waals surface area contributed by atoms with Gasteiger partial charge in [-0.2, -0.15) is 25.1 Å². The number of carbonyl (C=O) groups excluding carboxylic acids is 2. The highest BCUT2D eigenvalue weighted by molar-refractivity contribution is 7.85.